The number of rotatable bonds is 5. The molecule has 2 aromatic carbocycles. The summed E-state index contributed by atoms with van der Waals surface area (Å²) in [6.45, 7) is 1.38. The van der Waals surface area contributed by atoms with E-state index >= 15 is 0 Å². The zero-order valence-electron chi connectivity index (χ0n) is 15.0. The molecular weight excluding hydrogens is 405 g/mol. The summed E-state index contributed by atoms with van der Waals surface area (Å²) in [5.41, 5.74) is 4.01. The number of hydrogen-bond donors (Lipinski definition) is 2. The third-order valence-corrected chi connectivity index (χ3v) is 4.91. The minimum absolute atomic E-state index is 0.206. The highest BCUT2D eigenvalue weighted by molar-refractivity contribution is 6.33. The molecule has 2 N–H and O–H groups in total. The lowest BCUT2D eigenvalue weighted by Crippen LogP contribution is -2.63. The predicted octanol–water partition coefficient (Wildman–Crippen LogP) is 3.14. The SMILES string of the molecule is COc1cc(NC(C)=O)ccc1C(=O)NN1C(=O)C(Cl)C1c1ccc(Cl)cc1. The smallest absolute Gasteiger partial charge is 0.273 e. The number of ether oxygens (including phenoxy) is 1. The Hall–Kier alpha value is -2.77. The van der Waals surface area contributed by atoms with E-state index in [-0.39, 0.29) is 17.2 Å². The van der Waals surface area contributed by atoms with Gasteiger partial charge in [-0.2, -0.15) is 0 Å². The average Bonchev–Trinajstić information content (AvgIpc) is 2.67. The van der Waals surface area contributed by atoms with Gasteiger partial charge in [0.15, 0.2) is 0 Å². The molecule has 3 amide bonds. The lowest BCUT2D eigenvalue weighted by molar-refractivity contribution is -0.149. The number of benzene rings is 2. The fourth-order valence-corrected chi connectivity index (χ4v) is 3.38. The predicted molar refractivity (Wildman–Crippen MR) is 105 cm³/mol. The Morgan fingerprint density at radius 3 is 2.43 bits per heavy atom. The highest BCUT2D eigenvalue weighted by Crippen LogP contribution is 2.37. The van der Waals surface area contributed by atoms with Crippen molar-refractivity contribution < 1.29 is 19.1 Å². The first-order valence-electron chi connectivity index (χ1n) is 8.31. The molecule has 2 unspecified atom stereocenters. The lowest BCUT2D eigenvalue weighted by atomic mass is 9.95. The van der Waals surface area contributed by atoms with E-state index in [1.165, 1.54) is 31.2 Å². The van der Waals surface area contributed by atoms with Crippen LogP contribution in [0, 0.1) is 0 Å². The Morgan fingerprint density at radius 2 is 1.82 bits per heavy atom. The van der Waals surface area contributed by atoms with Crippen LogP contribution < -0.4 is 15.5 Å². The highest BCUT2D eigenvalue weighted by atomic mass is 35.5. The van der Waals surface area contributed by atoms with Crippen molar-refractivity contribution in [1.29, 1.82) is 0 Å². The number of β-lactam (4-membered cyclic amide) rings is 1. The number of halogens is 2. The molecule has 0 spiro atoms. The molecule has 0 aliphatic carbocycles. The van der Waals surface area contributed by atoms with Crippen molar-refractivity contribution in [3.8, 4) is 5.75 Å². The normalized spacial score (nSPS) is 18.3. The van der Waals surface area contributed by atoms with Gasteiger partial charge in [-0.15, -0.1) is 11.6 Å². The van der Waals surface area contributed by atoms with Gasteiger partial charge in [-0.05, 0) is 29.8 Å². The zero-order chi connectivity index (χ0) is 20.4. The van der Waals surface area contributed by atoms with Crippen LogP contribution in [0.15, 0.2) is 42.5 Å². The Balaban J connectivity index is 1.80. The summed E-state index contributed by atoms with van der Waals surface area (Å²) >= 11 is 12.0. The first kappa shape index (κ1) is 20.0. The van der Waals surface area contributed by atoms with E-state index in [0.29, 0.717) is 10.7 Å². The maximum absolute atomic E-state index is 12.7. The summed E-state index contributed by atoms with van der Waals surface area (Å²) in [6.07, 6.45) is 0. The molecule has 0 bridgehead atoms. The molecule has 1 heterocycles. The number of nitrogens with one attached hydrogen (secondary N) is 2. The number of amides is 3. The number of alkyl halides is 1. The molecule has 1 aliphatic rings. The van der Waals surface area contributed by atoms with Gasteiger partial charge in [-0.3, -0.25) is 19.8 Å². The van der Waals surface area contributed by atoms with Gasteiger partial charge in [0.2, 0.25) is 5.91 Å². The van der Waals surface area contributed by atoms with Gasteiger partial charge in [0, 0.05) is 23.7 Å². The maximum Gasteiger partial charge on any atom is 0.273 e. The molecule has 28 heavy (non-hydrogen) atoms. The molecule has 1 saturated heterocycles. The average molecular weight is 422 g/mol. The topological polar surface area (TPSA) is 87.7 Å². The van der Waals surface area contributed by atoms with Crippen molar-refractivity contribution in [2.24, 2.45) is 0 Å². The number of carbonyl (C=O) groups excluding carboxylic acids is 3. The number of methoxy groups -OCH3 is 1. The van der Waals surface area contributed by atoms with Gasteiger partial charge in [0.05, 0.1) is 12.7 Å². The Morgan fingerprint density at radius 1 is 1.14 bits per heavy atom. The molecule has 2 aromatic rings. The highest BCUT2D eigenvalue weighted by Gasteiger charge is 2.48. The fraction of sp³-hybridized carbons (Fsp3) is 0.211. The summed E-state index contributed by atoms with van der Waals surface area (Å²) in [7, 11) is 1.41. The van der Waals surface area contributed by atoms with Crippen molar-refractivity contribution in [3.63, 3.8) is 0 Å². The van der Waals surface area contributed by atoms with Crippen LogP contribution in [0.2, 0.25) is 5.02 Å². The second-order valence-electron chi connectivity index (χ2n) is 6.14. The number of anilines is 1. The summed E-state index contributed by atoms with van der Waals surface area (Å²) in [4.78, 5) is 36.1. The standard InChI is InChI=1S/C19H17Cl2N3O4/c1-10(25)22-13-7-8-14(15(9-13)28-2)18(26)23-24-17(16(21)19(24)27)11-3-5-12(20)6-4-11/h3-9,16-17H,1-2H3,(H,22,25)(H,23,26). The van der Waals surface area contributed by atoms with Crippen molar-refractivity contribution in [1.82, 2.24) is 10.4 Å². The Labute approximate surface area is 171 Å². The zero-order valence-corrected chi connectivity index (χ0v) is 16.5. The molecule has 7 nitrogen and oxygen atoms in total. The van der Waals surface area contributed by atoms with E-state index in [1.54, 1.807) is 30.3 Å². The fourth-order valence-electron chi connectivity index (χ4n) is 2.89. The second kappa shape index (κ2) is 8.08. The first-order valence-corrected chi connectivity index (χ1v) is 9.12. The van der Waals surface area contributed by atoms with Crippen molar-refractivity contribution in [2.75, 3.05) is 12.4 Å². The minimum atomic E-state index is -0.787. The molecule has 3 rings (SSSR count). The summed E-state index contributed by atoms with van der Waals surface area (Å²) in [6, 6.07) is 10.9. The van der Waals surface area contributed by atoms with Gasteiger partial charge in [0.25, 0.3) is 11.8 Å². The van der Waals surface area contributed by atoms with Crippen LogP contribution in [0.3, 0.4) is 0 Å². The molecule has 0 aromatic heterocycles. The van der Waals surface area contributed by atoms with Gasteiger partial charge in [-0.25, -0.2) is 5.01 Å². The molecule has 0 saturated carbocycles. The molecular formula is C19H17Cl2N3O4. The monoisotopic (exact) mass is 421 g/mol. The molecule has 146 valence electrons. The van der Waals surface area contributed by atoms with Crippen LogP contribution >= 0.6 is 23.2 Å². The summed E-state index contributed by atoms with van der Waals surface area (Å²) < 4.78 is 5.24. The van der Waals surface area contributed by atoms with E-state index < -0.39 is 23.2 Å². The van der Waals surface area contributed by atoms with Crippen molar-refractivity contribution in [2.45, 2.75) is 18.3 Å². The van der Waals surface area contributed by atoms with Crippen molar-refractivity contribution >= 4 is 46.6 Å². The number of nitrogens with zero attached hydrogens (tertiary/aromatic N) is 1. The van der Waals surface area contributed by atoms with Crippen LogP contribution in [0.1, 0.15) is 28.9 Å². The largest absolute Gasteiger partial charge is 0.496 e. The number of hydrazine groups is 1. The van der Waals surface area contributed by atoms with Crippen LogP contribution in [0.4, 0.5) is 5.69 Å². The van der Waals surface area contributed by atoms with Gasteiger partial charge >= 0.3 is 0 Å². The van der Waals surface area contributed by atoms with Crippen molar-refractivity contribution in [3.05, 3.63) is 58.6 Å². The molecule has 0 radical (unpaired) electrons. The first-order chi connectivity index (χ1) is 13.3. The second-order valence-corrected chi connectivity index (χ2v) is 7.05. The Kier molecular flexibility index (Phi) is 5.76. The van der Waals surface area contributed by atoms with Crippen LogP contribution in [-0.4, -0.2) is 35.2 Å². The van der Waals surface area contributed by atoms with Crippen LogP contribution in [0.5, 0.6) is 5.75 Å². The minimum Gasteiger partial charge on any atom is -0.496 e. The summed E-state index contributed by atoms with van der Waals surface area (Å²) in [5, 5.41) is 3.57. The van der Waals surface area contributed by atoms with E-state index in [1.807, 2.05) is 0 Å². The van der Waals surface area contributed by atoms with Crippen LogP contribution in [-0.2, 0) is 9.59 Å². The van der Waals surface area contributed by atoms with Gasteiger partial charge in [-0.1, -0.05) is 23.7 Å². The lowest BCUT2D eigenvalue weighted by Gasteiger charge is -2.44. The van der Waals surface area contributed by atoms with E-state index in [0.717, 1.165) is 5.56 Å². The summed E-state index contributed by atoms with van der Waals surface area (Å²) in [5.74, 6) is -0.947. The van der Waals surface area contributed by atoms with Gasteiger partial charge < -0.3 is 10.1 Å². The number of carbonyl (C=O) groups is 3. The van der Waals surface area contributed by atoms with E-state index in [9.17, 15) is 14.4 Å². The Bertz CT molecular complexity index is 933. The number of hydrogen-bond acceptors (Lipinski definition) is 4. The molecule has 1 fully saturated rings. The molecule has 1 aliphatic heterocycles. The van der Waals surface area contributed by atoms with E-state index in [2.05, 4.69) is 10.7 Å². The third kappa shape index (κ3) is 3.90. The van der Waals surface area contributed by atoms with Crippen LogP contribution in [0.25, 0.3) is 0 Å². The molecule has 9 heteroatoms. The quantitative estimate of drug-likeness (QED) is 0.573. The van der Waals surface area contributed by atoms with E-state index in [4.69, 9.17) is 27.9 Å². The molecule has 2 atom stereocenters. The van der Waals surface area contributed by atoms with Gasteiger partial charge in [0.1, 0.15) is 17.2 Å². The third-order valence-electron chi connectivity index (χ3n) is 4.23. The maximum atomic E-state index is 12.7.